The molecule has 3 heteroatoms. The van der Waals surface area contributed by atoms with Crippen LogP contribution in [0.4, 0.5) is 0 Å². The first-order valence-corrected chi connectivity index (χ1v) is 6.88. The monoisotopic (exact) mass is 238 g/mol. The highest BCUT2D eigenvalue weighted by Crippen LogP contribution is 2.39. The molecule has 1 heterocycles. The zero-order valence-electron chi connectivity index (χ0n) is 12.3. The molecule has 98 valence electrons. The average molecular weight is 238 g/mol. The molecule has 0 N–H and O–H groups in total. The van der Waals surface area contributed by atoms with E-state index in [0.29, 0.717) is 0 Å². The molecule has 2 nitrogen and oxygen atoms in total. The molecule has 0 aromatic heterocycles. The van der Waals surface area contributed by atoms with Crippen molar-refractivity contribution in [2.24, 2.45) is 0 Å². The van der Waals surface area contributed by atoms with Crippen LogP contribution >= 0.6 is 0 Å². The molecule has 0 atom stereocenters. The van der Waals surface area contributed by atoms with E-state index in [2.05, 4.69) is 47.6 Å². The van der Waals surface area contributed by atoms with Crippen LogP contribution in [0.2, 0.25) is 0 Å². The van der Waals surface area contributed by atoms with E-state index in [1.165, 1.54) is 11.9 Å². The van der Waals surface area contributed by atoms with Gasteiger partial charge in [-0.05, 0) is 46.0 Å². The van der Waals surface area contributed by atoms with Gasteiger partial charge in [0.2, 0.25) is 0 Å². The van der Waals surface area contributed by atoms with Gasteiger partial charge in [-0.1, -0.05) is 32.8 Å². The molecule has 1 aliphatic rings. The van der Waals surface area contributed by atoms with E-state index in [1.54, 1.807) is 0 Å². The van der Waals surface area contributed by atoms with Crippen LogP contribution < -0.4 is 0 Å². The molecule has 0 unspecified atom stereocenters. The Labute approximate surface area is 107 Å². The van der Waals surface area contributed by atoms with Gasteiger partial charge in [-0.3, -0.25) is 0 Å². The third-order valence-corrected chi connectivity index (χ3v) is 3.79. The summed E-state index contributed by atoms with van der Waals surface area (Å²) in [7, 11) is -0.147. The molecular formula is C14H27BO2. The van der Waals surface area contributed by atoms with Crippen LogP contribution in [0.3, 0.4) is 0 Å². The van der Waals surface area contributed by atoms with Gasteiger partial charge in [0, 0.05) is 0 Å². The lowest BCUT2D eigenvalue weighted by Crippen LogP contribution is -2.41. The first-order chi connectivity index (χ1) is 7.84. The Morgan fingerprint density at radius 3 is 1.94 bits per heavy atom. The highest BCUT2D eigenvalue weighted by molar-refractivity contribution is 6.54. The minimum Gasteiger partial charge on any atom is -0.400 e. The summed E-state index contributed by atoms with van der Waals surface area (Å²) in [6.45, 7) is 12.8. The molecule has 1 rings (SSSR count). The van der Waals surface area contributed by atoms with Crippen molar-refractivity contribution in [3.63, 3.8) is 0 Å². The number of allylic oxidation sites excluding steroid dienone is 2. The molecule has 0 spiro atoms. The molecule has 0 aliphatic carbocycles. The number of hydrogen-bond donors (Lipinski definition) is 0. The van der Waals surface area contributed by atoms with E-state index in [9.17, 15) is 0 Å². The summed E-state index contributed by atoms with van der Waals surface area (Å²) in [5.74, 6) is 0. The summed E-state index contributed by atoms with van der Waals surface area (Å²) in [6, 6.07) is 0. The molecular weight excluding hydrogens is 211 g/mol. The molecule has 0 aromatic carbocycles. The molecule has 0 bridgehead atoms. The second-order valence-corrected chi connectivity index (χ2v) is 5.91. The van der Waals surface area contributed by atoms with Crippen LogP contribution in [0.5, 0.6) is 0 Å². The van der Waals surface area contributed by atoms with Gasteiger partial charge in [0.05, 0.1) is 11.2 Å². The Hall–Kier alpha value is -0.275. The van der Waals surface area contributed by atoms with Gasteiger partial charge in [-0.15, -0.1) is 0 Å². The Morgan fingerprint density at radius 1 is 1.00 bits per heavy atom. The second-order valence-electron chi connectivity index (χ2n) is 5.91. The predicted molar refractivity (Wildman–Crippen MR) is 74.0 cm³/mol. The molecule has 0 amide bonds. The van der Waals surface area contributed by atoms with Gasteiger partial charge >= 0.3 is 7.12 Å². The third-order valence-electron chi connectivity index (χ3n) is 3.79. The summed E-state index contributed by atoms with van der Waals surface area (Å²) in [6.07, 6.45) is 6.79. The fourth-order valence-corrected chi connectivity index (χ4v) is 1.93. The highest BCUT2D eigenvalue weighted by Gasteiger charge is 2.51. The first-order valence-electron chi connectivity index (χ1n) is 6.88. The van der Waals surface area contributed by atoms with Crippen molar-refractivity contribution in [1.29, 1.82) is 0 Å². The second kappa shape index (κ2) is 5.58. The van der Waals surface area contributed by atoms with Gasteiger partial charge in [-0.25, -0.2) is 0 Å². The largest absolute Gasteiger partial charge is 0.490 e. The zero-order chi connectivity index (χ0) is 13.1. The van der Waals surface area contributed by atoms with Crippen LogP contribution in [-0.2, 0) is 9.31 Å². The van der Waals surface area contributed by atoms with Gasteiger partial charge in [0.25, 0.3) is 0 Å². The maximum atomic E-state index is 6.09. The topological polar surface area (TPSA) is 18.5 Å². The molecule has 0 radical (unpaired) electrons. The van der Waals surface area contributed by atoms with Crippen molar-refractivity contribution in [2.75, 3.05) is 0 Å². The van der Waals surface area contributed by atoms with Gasteiger partial charge in [0.15, 0.2) is 0 Å². The summed E-state index contributed by atoms with van der Waals surface area (Å²) in [5, 5.41) is 0. The summed E-state index contributed by atoms with van der Waals surface area (Å²) in [5.41, 5.74) is 0.862. The van der Waals surface area contributed by atoms with Crippen LogP contribution in [0.15, 0.2) is 11.5 Å². The predicted octanol–water partition coefficient (Wildman–Crippen LogP) is 4.14. The first kappa shape index (κ1) is 14.8. The molecule has 1 aliphatic heterocycles. The van der Waals surface area contributed by atoms with Crippen molar-refractivity contribution < 1.29 is 9.31 Å². The van der Waals surface area contributed by atoms with Crippen LogP contribution in [-0.4, -0.2) is 18.3 Å². The summed E-state index contributed by atoms with van der Waals surface area (Å²) >= 11 is 0. The maximum absolute atomic E-state index is 6.09. The van der Waals surface area contributed by atoms with E-state index in [0.717, 1.165) is 19.3 Å². The highest BCUT2D eigenvalue weighted by atomic mass is 16.7. The zero-order valence-corrected chi connectivity index (χ0v) is 12.3. The lowest BCUT2D eigenvalue weighted by Gasteiger charge is -2.32. The van der Waals surface area contributed by atoms with E-state index in [1.807, 2.05) is 0 Å². The Bertz CT molecular complexity index is 266. The minimum atomic E-state index is -0.225. The Morgan fingerprint density at radius 2 is 1.53 bits per heavy atom. The van der Waals surface area contributed by atoms with E-state index >= 15 is 0 Å². The quantitative estimate of drug-likeness (QED) is 0.670. The fraction of sp³-hybridized carbons (Fsp3) is 0.857. The van der Waals surface area contributed by atoms with E-state index in [-0.39, 0.29) is 18.3 Å². The summed E-state index contributed by atoms with van der Waals surface area (Å²) in [4.78, 5) is 0. The number of rotatable bonds is 5. The van der Waals surface area contributed by atoms with Crippen LogP contribution in [0.25, 0.3) is 0 Å². The third kappa shape index (κ3) is 3.35. The van der Waals surface area contributed by atoms with Crippen molar-refractivity contribution in [2.45, 2.75) is 78.4 Å². The van der Waals surface area contributed by atoms with Crippen molar-refractivity contribution in [1.82, 2.24) is 0 Å². The van der Waals surface area contributed by atoms with Gasteiger partial charge in [-0.2, -0.15) is 0 Å². The lowest BCUT2D eigenvalue weighted by molar-refractivity contribution is 0.00578. The minimum absolute atomic E-state index is 0.147. The standard InChI is InChI=1S/C14H27BO2/c1-7-9-11-12(10-8-2)15-16-13(3,4)14(5,6)17-15/h11H,7-10H2,1-6H3/b12-11+. The van der Waals surface area contributed by atoms with Gasteiger partial charge < -0.3 is 9.31 Å². The van der Waals surface area contributed by atoms with Crippen molar-refractivity contribution in [3.8, 4) is 0 Å². The molecule has 0 aromatic rings. The molecule has 17 heavy (non-hydrogen) atoms. The molecule has 1 saturated heterocycles. The smallest absolute Gasteiger partial charge is 0.400 e. The maximum Gasteiger partial charge on any atom is 0.490 e. The normalized spacial score (nSPS) is 23.2. The van der Waals surface area contributed by atoms with Crippen LogP contribution in [0, 0.1) is 0 Å². The molecule has 0 saturated carbocycles. The average Bonchev–Trinajstić information content (AvgIpc) is 2.43. The fourth-order valence-electron chi connectivity index (χ4n) is 1.93. The van der Waals surface area contributed by atoms with Gasteiger partial charge in [0.1, 0.15) is 0 Å². The number of unbranched alkanes of at least 4 members (excludes halogenated alkanes) is 1. The number of hydrogen-bond acceptors (Lipinski definition) is 2. The molecule has 1 fully saturated rings. The Balaban J connectivity index is 2.79. The SMILES string of the molecule is CCC/C=C(\CCC)B1OC(C)(C)C(C)(C)O1. The van der Waals surface area contributed by atoms with E-state index < -0.39 is 0 Å². The Kier molecular flexibility index (Phi) is 4.85. The lowest BCUT2D eigenvalue weighted by atomic mass is 9.75. The summed E-state index contributed by atoms with van der Waals surface area (Å²) < 4.78 is 12.2. The van der Waals surface area contributed by atoms with Crippen molar-refractivity contribution in [3.05, 3.63) is 11.5 Å². The van der Waals surface area contributed by atoms with Crippen molar-refractivity contribution >= 4 is 7.12 Å². The van der Waals surface area contributed by atoms with E-state index in [4.69, 9.17) is 9.31 Å². The van der Waals surface area contributed by atoms with Crippen LogP contribution in [0.1, 0.15) is 67.2 Å².